The zero-order chi connectivity index (χ0) is 17.6. The first kappa shape index (κ1) is 12.6. The van der Waals surface area contributed by atoms with Crippen LogP contribution in [0.5, 0.6) is 0 Å². The van der Waals surface area contributed by atoms with Crippen LogP contribution in [0.4, 0.5) is 5.69 Å². The molecule has 2 aliphatic rings. The van der Waals surface area contributed by atoms with E-state index in [2.05, 4.69) is 47.4 Å². The second-order valence-electron chi connectivity index (χ2n) is 6.52. The number of aryl methyl sites for hydroxylation is 2. The second kappa shape index (κ2) is 6.02. The minimum Gasteiger partial charge on any atom is -0.344 e. The normalized spacial score (nSPS) is 27.3. The summed E-state index contributed by atoms with van der Waals surface area (Å²) in [4.78, 5) is 1.90. The molecule has 2 aromatic rings. The van der Waals surface area contributed by atoms with Gasteiger partial charge in [0.2, 0.25) is 0 Å². The van der Waals surface area contributed by atoms with Gasteiger partial charge in [-0.2, -0.15) is 0 Å². The molecule has 0 saturated carbocycles. The number of piperidine rings is 1. The molecule has 0 bridgehead atoms. The summed E-state index contributed by atoms with van der Waals surface area (Å²) in [6, 6.07) is 4.87. The number of anilines is 1. The summed E-state index contributed by atoms with van der Waals surface area (Å²) < 4.78 is 18.4. The van der Waals surface area contributed by atoms with Gasteiger partial charge in [-0.05, 0) is 63.0 Å². The maximum absolute atomic E-state index is 8.25. The summed E-state index contributed by atoms with van der Waals surface area (Å²) >= 11 is 0. The SMILES string of the molecule is [2H]C1C=CN(c2ccc3c(c(C)cn3C3CCNCC3)c2C)C([2H])N1. The molecule has 1 saturated heterocycles. The van der Waals surface area contributed by atoms with Gasteiger partial charge in [0.1, 0.15) is 0 Å². The molecule has 122 valence electrons. The largest absolute Gasteiger partial charge is 0.344 e. The molecule has 0 aliphatic carbocycles. The Kier molecular flexibility index (Phi) is 3.30. The van der Waals surface area contributed by atoms with Crippen molar-refractivity contribution in [2.24, 2.45) is 0 Å². The number of fused-ring (bicyclic) bond motifs is 1. The molecule has 4 nitrogen and oxygen atoms in total. The Morgan fingerprint density at radius 3 is 2.78 bits per heavy atom. The van der Waals surface area contributed by atoms with Crippen LogP contribution in [-0.4, -0.2) is 30.8 Å². The number of aromatic nitrogens is 1. The van der Waals surface area contributed by atoms with E-state index >= 15 is 0 Å². The summed E-state index contributed by atoms with van der Waals surface area (Å²) in [5.74, 6) is 0. The minimum atomic E-state index is -0.629. The van der Waals surface area contributed by atoms with Gasteiger partial charge in [0.15, 0.2) is 0 Å². The van der Waals surface area contributed by atoms with Gasteiger partial charge < -0.3 is 14.8 Å². The number of nitrogens with one attached hydrogen (secondary N) is 2. The number of benzene rings is 1. The molecular weight excluding hydrogens is 284 g/mol. The third-order valence-corrected chi connectivity index (χ3v) is 5.05. The topological polar surface area (TPSA) is 32.2 Å². The molecule has 3 heterocycles. The zero-order valence-corrected chi connectivity index (χ0v) is 13.8. The molecule has 2 atom stereocenters. The van der Waals surface area contributed by atoms with Gasteiger partial charge in [-0.25, -0.2) is 0 Å². The molecule has 2 N–H and O–H groups in total. The molecule has 4 heteroatoms. The first-order valence-electron chi connectivity index (χ1n) is 9.60. The van der Waals surface area contributed by atoms with Crippen LogP contribution in [0.15, 0.2) is 30.6 Å². The number of nitrogens with zero attached hydrogens (tertiary/aromatic N) is 2. The molecule has 4 rings (SSSR count). The van der Waals surface area contributed by atoms with E-state index in [9.17, 15) is 0 Å². The van der Waals surface area contributed by atoms with Crippen molar-refractivity contribution >= 4 is 16.6 Å². The van der Waals surface area contributed by atoms with E-state index in [1.54, 1.807) is 6.08 Å². The highest BCUT2D eigenvalue weighted by molar-refractivity contribution is 5.91. The van der Waals surface area contributed by atoms with Crippen molar-refractivity contribution in [3.05, 3.63) is 41.7 Å². The Balaban J connectivity index is 1.78. The van der Waals surface area contributed by atoms with Crippen molar-refractivity contribution in [2.45, 2.75) is 32.7 Å². The van der Waals surface area contributed by atoms with Crippen LogP contribution in [0.2, 0.25) is 0 Å². The Labute approximate surface area is 141 Å². The molecule has 2 aliphatic heterocycles. The summed E-state index contributed by atoms with van der Waals surface area (Å²) in [7, 11) is 0. The molecule has 1 aromatic heterocycles. The van der Waals surface area contributed by atoms with Crippen molar-refractivity contribution in [3.8, 4) is 0 Å². The lowest BCUT2D eigenvalue weighted by Crippen LogP contribution is -2.34. The van der Waals surface area contributed by atoms with E-state index < -0.39 is 13.2 Å². The van der Waals surface area contributed by atoms with Gasteiger partial charge in [-0.15, -0.1) is 0 Å². The highest BCUT2D eigenvalue weighted by Gasteiger charge is 2.20. The van der Waals surface area contributed by atoms with Gasteiger partial charge >= 0.3 is 0 Å². The molecule has 23 heavy (non-hydrogen) atoms. The second-order valence-corrected chi connectivity index (χ2v) is 6.52. The van der Waals surface area contributed by atoms with Gasteiger partial charge in [0.25, 0.3) is 0 Å². The van der Waals surface area contributed by atoms with Crippen LogP contribution in [-0.2, 0) is 0 Å². The maximum atomic E-state index is 8.25. The van der Waals surface area contributed by atoms with Gasteiger partial charge in [0, 0.05) is 42.9 Å². The third kappa shape index (κ3) is 2.56. The summed E-state index contributed by atoms with van der Waals surface area (Å²) in [6.07, 6.45) is 8.27. The zero-order valence-electron chi connectivity index (χ0n) is 15.8. The monoisotopic (exact) mass is 312 g/mol. The average molecular weight is 312 g/mol. The Hall–Kier alpha value is -1.78. The third-order valence-electron chi connectivity index (χ3n) is 5.05. The standard InChI is InChI=1S/C19H26N4/c1-14-12-23(16-6-9-20-10-7-16)18-5-4-17(15(2)19(14)18)22-11-3-8-21-13-22/h3-5,11-12,16,20-21H,6-10,13H2,1-2H3/i8D,13D. The molecule has 0 amide bonds. The lowest BCUT2D eigenvalue weighted by Gasteiger charge is -2.27. The summed E-state index contributed by atoms with van der Waals surface area (Å²) in [6.45, 7) is 5.35. The van der Waals surface area contributed by atoms with E-state index in [1.165, 1.54) is 34.9 Å². The van der Waals surface area contributed by atoms with Gasteiger partial charge in [-0.1, -0.05) is 6.08 Å². The molecule has 0 radical (unpaired) electrons. The predicted molar refractivity (Wildman–Crippen MR) is 97.0 cm³/mol. The highest BCUT2D eigenvalue weighted by atomic mass is 15.2. The fraction of sp³-hybridized carbons (Fsp3) is 0.474. The molecule has 2 unspecified atom stereocenters. The van der Waals surface area contributed by atoms with E-state index in [0.29, 0.717) is 6.04 Å². The van der Waals surface area contributed by atoms with Crippen molar-refractivity contribution < 1.29 is 2.74 Å². The number of rotatable bonds is 2. The van der Waals surface area contributed by atoms with Gasteiger partial charge in [0.05, 0.1) is 8.02 Å². The highest BCUT2D eigenvalue weighted by Crippen LogP contribution is 2.35. The van der Waals surface area contributed by atoms with Crippen LogP contribution in [0.3, 0.4) is 0 Å². The Bertz CT molecular complexity index is 807. The first-order chi connectivity index (χ1) is 12.1. The fourth-order valence-corrected chi connectivity index (χ4v) is 3.92. The van der Waals surface area contributed by atoms with E-state index in [1.807, 2.05) is 11.1 Å². The van der Waals surface area contributed by atoms with Crippen LogP contribution < -0.4 is 15.5 Å². The number of hydrogen-bond donors (Lipinski definition) is 2. The molecule has 0 spiro atoms. The summed E-state index contributed by atoms with van der Waals surface area (Å²) in [5.41, 5.74) is 4.82. The minimum absolute atomic E-state index is 0.509. The summed E-state index contributed by atoms with van der Waals surface area (Å²) in [5, 5.41) is 7.67. The fourth-order valence-electron chi connectivity index (χ4n) is 3.92. The predicted octanol–water partition coefficient (Wildman–Crippen LogP) is 3.06. The van der Waals surface area contributed by atoms with Gasteiger partial charge in [-0.3, -0.25) is 5.32 Å². The van der Waals surface area contributed by atoms with Crippen molar-refractivity contribution in [1.82, 2.24) is 15.2 Å². The average Bonchev–Trinajstić information content (AvgIpc) is 2.94. The quantitative estimate of drug-likeness (QED) is 0.894. The van der Waals surface area contributed by atoms with Crippen LogP contribution >= 0.6 is 0 Å². The van der Waals surface area contributed by atoms with Crippen LogP contribution in [0, 0.1) is 13.8 Å². The van der Waals surface area contributed by atoms with Crippen molar-refractivity contribution in [1.29, 1.82) is 0 Å². The Morgan fingerprint density at radius 2 is 2.00 bits per heavy atom. The molecule has 1 aromatic carbocycles. The lowest BCUT2D eigenvalue weighted by atomic mass is 10.0. The first-order valence-corrected chi connectivity index (χ1v) is 8.45. The van der Waals surface area contributed by atoms with E-state index in [-0.39, 0.29) is 0 Å². The number of hydrogen-bond acceptors (Lipinski definition) is 3. The molecular formula is C19H26N4. The molecule has 1 fully saturated rings. The van der Waals surface area contributed by atoms with Crippen LogP contribution in [0.25, 0.3) is 10.9 Å². The van der Waals surface area contributed by atoms with E-state index in [4.69, 9.17) is 2.74 Å². The van der Waals surface area contributed by atoms with Crippen LogP contribution in [0.1, 0.15) is 32.8 Å². The smallest absolute Gasteiger partial charge is 0.0728 e. The lowest BCUT2D eigenvalue weighted by molar-refractivity contribution is 0.376. The van der Waals surface area contributed by atoms with E-state index in [0.717, 1.165) is 18.8 Å². The Morgan fingerprint density at radius 1 is 1.17 bits per heavy atom. The van der Waals surface area contributed by atoms with Crippen molar-refractivity contribution in [2.75, 3.05) is 31.2 Å². The van der Waals surface area contributed by atoms with Crippen molar-refractivity contribution in [3.63, 3.8) is 0 Å². The maximum Gasteiger partial charge on any atom is 0.0728 e.